The van der Waals surface area contributed by atoms with Gasteiger partial charge >= 0.3 is 6.09 Å². The maximum Gasteiger partial charge on any atom is 0.411 e. The molecule has 1 heterocycles. The fourth-order valence-electron chi connectivity index (χ4n) is 2.66. The number of ether oxygens (including phenoxy) is 1. The van der Waals surface area contributed by atoms with Gasteiger partial charge < -0.3 is 9.53 Å². The number of halogens is 1. The van der Waals surface area contributed by atoms with Crippen LogP contribution in [0.4, 0.5) is 4.79 Å². The summed E-state index contributed by atoms with van der Waals surface area (Å²) < 4.78 is 5.43. The average molecular weight is 310 g/mol. The lowest BCUT2D eigenvalue weighted by atomic mass is 9.89. The lowest BCUT2D eigenvalue weighted by Gasteiger charge is -2.35. The van der Waals surface area contributed by atoms with E-state index >= 15 is 0 Å². The number of carbonyl (C=O) groups excluding carboxylic acids is 2. The van der Waals surface area contributed by atoms with Crippen molar-refractivity contribution in [1.29, 1.82) is 0 Å². The molecule has 0 N–H and O–H groups in total. The number of benzene rings is 1. The van der Waals surface area contributed by atoms with Crippen LogP contribution in [0.2, 0.25) is 5.02 Å². The second-order valence-corrected chi connectivity index (χ2v) is 6.72. The molecule has 0 radical (unpaired) electrons. The highest BCUT2D eigenvalue weighted by atomic mass is 35.5. The van der Waals surface area contributed by atoms with Crippen LogP contribution in [-0.2, 0) is 15.1 Å². The summed E-state index contributed by atoms with van der Waals surface area (Å²) in [6.07, 6.45) is 1.70. The lowest BCUT2D eigenvalue weighted by Crippen LogP contribution is -2.48. The molecule has 0 spiro atoms. The summed E-state index contributed by atoms with van der Waals surface area (Å²) in [5.74, 6) is 0. The molecule has 1 unspecified atom stereocenters. The molecule has 0 aliphatic carbocycles. The number of hydrogen-bond donors (Lipinski definition) is 0. The van der Waals surface area contributed by atoms with E-state index in [1.807, 2.05) is 26.8 Å². The van der Waals surface area contributed by atoms with Crippen molar-refractivity contribution in [2.75, 3.05) is 6.54 Å². The minimum Gasteiger partial charge on any atom is -0.444 e. The number of aldehydes is 1. The van der Waals surface area contributed by atoms with Crippen molar-refractivity contribution in [1.82, 2.24) is 4.90 Å². The number of hydrogen-bond acceptors (Lipinski definition) is 3. The fourth-order valence-corrected chi connectivity index (χ4v) is 2.85. The van der Waals surface area contributed by atoms with E-state index in [2.05, 4.69) is 0 Å². The molecule has 1 fully saturated rings. The summed E-state index contributed by atoms with van der Waals surface area (Å²) in [4.78, 5) is 25.7. The second kappa shape index (κ2) is 5.68. The Kier molecular flexibility index (Phi) is 4.28. The van der Waals surface area contributed by atoms with Crippen molar-refractivity contribution >= 4 is 24.0 Å². The third-order valence-electron chi connectivity index (χ3n) is 3.55. The summed E-state index contributed by atoms with van der Waals surface area (Å²) in [7, 11) is 0. The first-order chi connectivity index (χ1) is 9.78. The standard InChI is InChI=1S/C16H20ClNO3/c1-15(2,3)21-14(20)18-9-5-8-16(18,11-19)12-6-4-7-13(17)10-12/h4,6-7,10-11H,5,8-9H2,1-3H3. The normalized spacial score (nSPS) is 22.2. The molecule has 1 amide bonds. The van der Waals surface area contributed by atoms with Crippen LogP contribution in [0, 0.1) is 0 Å². The van der Waals surface area contributed by atoms with Crippen LogP contribution in [0.15, 0.2) is 24.3 Å². The lowest BCUT2D eigenvalue weighted by molar-refractivity contribution is -0.117. The smallest absolute Gasteiger partial charge is 0.411 e. The van der Waals surface area contributed by atoms with Crippen molar-refractivity contribution in [2.45, 2.75) is 44.8 Å². The van der Waals surface area contributed by atoms with Gasteiger partial charge in [-0.1, -0.05) is 23.7 Å². The van der Waals surface area contributed by atoms with Crippen LogP contribution in [0.5, 0.6) is 0 Å². The molecule has 1 aromatic rings. The van der Waals surface area contributed by atoms with Gasteiger partial charge in [0, 0.05) is 11.6 Å². The van der Waals surface area contributed by atoms with Crippen molar-refractivity contribution < 1.29 is 14.3 Å². The highest BCUT2D eigenvalue weighted by molar-refractivity contribution is 6.30. The molecule has 0 bridgehead atoms. The van der Waals surface area contributed by atoms with Gasteiger partial charge in [0.25, 0.3) is 0 Å². The second-order valence-electron chi connectivity index (χ2n) is 6.29. The van der Waals surface area contributed by atoms with Gasteiger partial charge in [-0.15, -0.1) is 0 Å². The van der Waals surface area contributed by atoms with Gasteiger partial charge in [0.05, 0.1) is 0 Å². The van der Waals surface area contributed by atoms with E-state index in [4.69, 9.17) is 16.3 Å². The quantitative estimate of drug-likeness (QED) is 0.781. The first kappa shape index (κ1) is 15.8. The van der Waals surface area contributed by atoms with Crippen LogP contribution in [0.3, 0.4) is 0 Å². The van der Waals surface area contributed by atoms with Crippen molar-refractivity contribution in [3.8, 4) is 0 Å². The maximum atomic E-state index is 12.4. The molecular formula is C16H20ClNO3. The third-order valence-corrected chi connectivity index (χ3v) is 3.79. The van der Waals surface area contributed by atoms with E-state index in [0.717, 1.165) is 18.3 Å². The molecule has 0 aromatic heterocycles. The fraction of sp³-hybridized carbons (Fsp3) is 0.500. The van der Waals surface area contributed by atoms with Crippen LogP contribution in [0.1, 0.15) is 39.2 Å². The average Bonchev–Trinajstić information content (AvgIpc) is 2.81. The summed E-state index contributed by atoms with van der Waals surface area (Å²) in [5.41, 5.74) is -0.844. The predicted molar refractivity (Wildman–Crippen MR) is 81.4 cm³/mol. The van der Waals surface area contributed by atoms with Crippen molar-refractivity contribution in [2.24, 2.45) is 0 Å². The number of carbonyl (C=O) groups is 2. The van der Waals surface area contributed by atoms with Gasteiger partial charge in [-0.3, -0.25) is 4.90 Å². The first-order valence-electron chi connectivity index (χ1n) is 7.01. The topological polar surface area (TPSA) is 46.6 Å². The number of rotatable bonds is 2. The molecule has 0 saturated carbocycles. The number of likely N-dealkylation sites (tertiary alicyclic amines) is 1. The number of amides is 1. The Labute approximate surface area is 130 Å². The maximum absolute atomic E-state index is 12.4. The molecule has 1 aliphatic rings. The number of nitrogens with zero attached hydrogens (tertiary/aromatic N) is 1. The Morgan fingerprint density at radius 1 is 1.43 bits per heavy atom. The Morgan fingerprint density at radius 3 is 2.71 bits per heavy atom. The van der Waals surface area contributed by atoms with E-state index in [1.54, 1.807) is 18.2 Å². The Bertz CT molecular complexity index is 553. The molecule has 21 heavy (non-hydrogen) atoms. The molecule has 1 aliphatic heterocycles. The van der Waals surface area contributed by atoms with Gasteiger partial charge in [0.2, 0.25) is 0 Å². The minimum absolute atomic E-state index is 0.466. The molecule has 1 aromatic carbocycles. The predicted octanol–water partition coefficient (Wildman–Crippen LogP) is 3.77. The molecule has 1 saturated heterocycles. The zero-order valence-corrected chi connectivity index (χ0v) is 13.3. The minimum atomic E-state index is -0.979. The molecule has 1 atom stereocenters. The zero-order valence-electron chi connectivity index (χ0n) is 12.6. The summed E-state index contributed by atoms with van der Waals surface area (Å²) >= 11 is 6.03. The molecule has 2 rings (SSSR count). The van der Waals surface area contributed by atoms with Crippen LogP contribution >= 0.6 is 11.6 Å². The molecular weight excluding hydrogens is 290 g/mol. The molecule has 4 nitrogen and oxygen atoms in total. The monoisotopic (exact) mass is 309 g/mol. The van der Waals surface area contributed by atoms with E-state index < -0.39 is 17.2 Å². The molecule has 5 heteroatoms. The first-order valence-corrected chi connectivity index (χ1v) is 7.39. The Hall–Kier alpha value is -1.55. The van der Waals surface area contributed by atoms with Crippen molar-refractivity contribution in [3.63, 3.8) is 0 Å². The highest BCUT2D eigenvalue weighted by Crippen LogP contribution is 2.38. The van der Waals surface area contributed by atoms with Crippen LogP contribution in [-0.4, -0.2) is 29.4 Å². The van der Waals surface area contributed by atoms with Gasteiger partial charge in [-0.25, -0.2) is 4.79 Å². The van der Waals surface area contributed by atoms with E-state index in [1.165, 1.54) is 4.90 Å². The third kappa shape index (κ3) is 3.21. The van der Waals surface area contributed by atoms with Gasteiger partial charge in [0.15, 0.2) is 0 Å². The summed E-state index contributed by atoms with van der Waals surface area (Å²) in [6.45, 7) is 5.93. The Morgan fingerprint density at radius 2 is 2.14 bits per heavy atom. The van der Waals surface area contributed by atoms with Crippen LogP contribution < -0.4 is 0 Å². The van der Waals surface area contributed by atoms with E-state index in [0.29, 0.717) is 18.0 Å². The van der Waals surface area contributed by atoms with Crippen molar-refractivity contribution in [3.05, 3.63) is 34.9 Å². The molecule has 114 valence electrons. The van der Waals surface area contributed by atoms with Crippen LogP contribution in [0.25, 0.3) is 0 Å². The summed E-state index contributed by atoms with van der Waals surface area (Å²) in [6, 6.07) is 7.09. The largest absolute Gasteiger partial charge is 0.444 e. The highest BCUT2D eigenvalue weighted by Gasteiger charge is 2.46. The summed E-state index contributed by atoms with van der Waals surface area (Å²) in [5, 5.41) is 0.546. The Balaban J connectivity index is 2.37. The SMILES string of the molecule is CC(C)(C)OC(=O)N1CCCC1(C=O)c1cccc(Cl)c1. The van der Waals surface area contributed by atoms with Gasteiger partial charge in [0.1, 0.15) is 17.4 Å². The van der Waals surface area contributed by atoms with E-state index in [9.17, 15) is 9.59 Å². The van der Waals surface area contributed by atoms with Gasteiger partial charge in [-0.2, -0.15) is 0 Å². The van der Waals surface area contributed by atoms with E-state index in [-0.39, 0.29) is 0 Å². The van der Waals surface area contributed by atoms with Gasteiger partial charge in [-0.05, 0) is 51.3 Å². The zero-order chi connectivity index (χ0) is 15.7.